The van der Waals surface area contributed by atoms with Gasteiger partial charge >= 0.3 is 5.97 Å². The van der Waals surface area contributed by atoms with E-state index in [4.69, 9.17) is 14.2 Å². The zero-order valence-corrected chi connectivity index (χ0v) is 16.4. The molecule has 0 aliphatic heterocycles. The van der Waals surface area contributed by atoms with Gasteiger partial charge in [-0.1, -0.05) is 18.2 Å². The highest BCUT2D eigenvalue weighted by molar-refractivity contribution is 7.98. The van der Waals surface area contributed by atoms with Crippen LogP contribution in [0.1, 0.15) is 15.9 Å². The van der Waals surface area contributed by atoms with E-state index in [1.807, 2.05) is 36.6 Å². The minimum atomic E-state index is -0.505. The fraction of sp³-hybridized carbons (Fsp3) is 0.300. The molecule has 2 aromatic carbocycles. The fourth-order valence-electron chi connectivity index (χ4n) is 2.46. The second-order valence-corrected chi connectivity index (χ2v) is 6.41. The standard InChI is InChI=1S/C20H23NO5S/c1-24-16-9-8-14(12-17(16)25-2)10-11-21-19(22)13-26-20(23)15-6-4-5-7-18(15)27-3/h4-9,12H,10-11,13H2,1-3H3,(H,21,22). The molecular weight excluding hydrogens is 366 g/mol. The Hall–Kier alpha value is -2.67. The van der Waals surface area contributed by atoms with Gasteiger partial charge in [-0.2, -0.15) is 0 Å². The molecule has 0 atom stereocenters. The molecule has 1 amide bonds. The molecule has 0 saturated carbocycles. The minimum absolute atomic E-state index is 0.312. The Labute approximate surface area is 163 Å². The summed E-state index contributed by atoms with van der Waals surface area (Å²) < 4.78 is 15.6. The number of methoxy groups -OCH3 is 2. The molecule has 0 fully saturated rings. The van der Waals surface area contributed by atoms with Gasteiger partial charge in [0.1, 0.15) is 0 Å². The normalized spacial score (nSPS) is 10.2. The lowest BCUT2D eigenvalue weighted by molar-refractivity contribution is -0.124. The predicted octanol–water partition coefficient (Wildman–Crippen LogP) is 2.94. The molecule has 0 radical (unpaired) electrons. The second-order valence-electron chi connectivity index (χ2n) is 5.57. The molecule has 0 aromatic heterocycles. The van der Waals surface area contributed by atoms with Crippen molar-refractivity contribution in [1.82, 2.24) is 5.32 Å². The van der Waals surface area contributed by atoms with Crippen molar-refractivity contribution in [3.8, 4) is 11.5 Å². The summed E-state index contributed by atoms with van der Waals surface area (Å²) in [5, 5.41) is 2.74. The Bertz CT molecular complexity index is 794. The number of carbonyl (C=O) groups excluding carboxylic acids is 2. The predicted molar refractivity (Wildman–Crippen MR) is 105 cm³/mol. The Morgan fingerprint density at radius 2 is 1.78 bits per heavy atom. The van der Waals surface area contributed by atoms with Crippen LogP contribution in [0.25, 0.3) is 0 Å². The van der Waals surface area contributed by atoms with Crippen molar-refractivity contribution in [3.63, 3.8) is 0 Å². The number of hydrogen-bond donors (Lipinski definition) is 1. The van der Waals surface area contributed by atoms with Gasteiger partial charge in [-0.25, -0.2) is 4.79 Å². The Morgan fingerprint density at radius 1 is 1.04 bits per heavy atom. The van der Waals surface area contributed by atoms with Crippen LogP contribution in [0.4, 0.5) is 0 Å². The first-order valence-electron chi connectivity index (χ1n) is 8.36. The van der Waals surface area contributed by atoms with Crippen LogP contribution in [-0.2, 0) is 16.0 Å². The summed E-state index contributed by atoms with van der Waals surface area (Å²) in [5.41, 5.74) is 1.46. The highest BCUT2D eigenvalue weighted by atomic mass is 32.2. The van der Waals surface area contributed by atoms with E-state index in [-0.39, 0.29) is 12.5 Å². The van der Waals surface area contributed by atoms with Crippen LogP contribution in [0.15, 0.2) is 47.4 Å². The summed E-state index contributed by atoms with van der Waals surface area (Å²) in [6, 6.07) is 12.7. The van der Waals surface area contributed by atoms with E-state index in [0.29, 0.717) is 30.0 Å². The van der Waals surface area contributed by atoms with Crippen LogP contribution in [0.3, 0.4) is 0 Å². The van der Waals surface area contributed by atoms with Crippen LogP contribution in [0, 0.1) is 0 Å². The highest BCUT2D eigenvalue weighted by Crippen LogP contribution is 2.27. The third-order valence-corrected chi connectivity index (χ3v) is 4.64. The van der Waals surface area contributed by atoms with Crippen molar-refractivity contribution in [1.29, 1.82) is 0 Å². The van der Waals surface area contributed by atoms with Crippen molar-refractivity contribution in [2.75, 3.05) is 33.6 Å². The molecule has 2 aromatic rings. The lowest BCUT2D eigenvalue weighted by Gasteiger charge is -2.10. The Balaban J connectivity index is 1.79. The maximum atomic E-state index is 12.1. The van der Waals surface area contributed by atoms with Gasteiger partial charge in [0.2, 0.25) is 0 Å². The second kappa shape index (κ2) is 10.5. The van der Waals surface area contributed by atoms with E-state index in [1.54, 1.807) is 26.4 Å². The SMILES string of the molecule is COc1ccc(CCNC(=O)COC(=O)c2ccccc2SC)cc1OC. The number of benzene rings is 2. The first-order valence-corrected chi connectivity index (χ1v) is 9.59. The molecule has 27 heavy (non-hydrogen) atoms. The third kappa shape index (κ3) is 5.92. The van der Waals surface area contributed by atoms with Gasteiger partial charge in [0.15, 0.2) is 18.1 Å². The molecule has 2 rings (SSSR count). The number of carbonyl (C=O) groups is 2. The summed E-state index contributed by atoms with van der Waals surface area (Å²) in [4.78, 5) is 24.8. The maximum absolute atomic E-state index is 12.1. The Morgan fingerprint density at radius 3 is 2.48 bits per heavy atom. The molecule has 144 valence electrons. The van der Waals surface area contributed by atoms with Crippen LogP contribution >= 0.6 is 11.8 Å². The van der Waals surface area contributed by atoms with E-state index >= 15 is 0 Å². The number of hydrogen-bond acceptors (Lipinski definition) is 6. The van der Waals surface area contributed by atoms with Crippen molar-refractivity contribution < 1.29 is 23.8 Å². The highest BCUT2D eigenvalue weighted by Gasteiger charge is 2.13. The van der Waals surface area contributed by atoms with Crippen LogP contribution in [0.2, 0.25) is 0 Å². The third-order valence-electron chi connectivity index (χ3n) is 3.85. The fourth-order valence-corrected chi connectivity index (χ4v) is 3.04. The van der Waals surface area contributed by atoms with E-state index in [1.165, 1.54) is 11.8 Å². The molecular formula is C20H23NO5S. The lowest BCUT2D eigenvalue weighted by Crippen LogP contribution is -2.30. The average Bonchev–Trinajstić information content (AvgIpc) is 2.71. The number of ether oxygens (including phenoxy) is 3. The van der Waals surface area contributed by atoms with Gasteiger partial charge in [0.05, 0.1) is 19.8 Å². The summed E-state index contributed by atoms with van der Waals surface area (Å²) >= 11 is 1.45. The van der Waals surface area contributed by atoms with Crippen LogP contribution in [-0.4, -0.2) is 45.5 Å². The smallest absolute Gasteiger partial charge is 0.339 e. The van der Waals surface area contributed by atoms with E-state index < -0.39 is 5.97 Å². The van der Waals surface area contributed by atoms with Crippen LogP contribution < -0.4 is 14.8 Å². The molecule has 0 heterocycles. The Kier molecular flexibility index (Phi) is 8.00. The monoisotopic (exact) mass is 389 g/mol. The largest absolute Gasteiger partial charge is 0.493 e. The molecule has 1 N–H and O–H groups in total. The van der Waals surface area contributed by atoms with Gasteiger partial charge in [0.25, 0.3) is 5.91 Å². The molecule has 0 saturated heterocycles. The first-order chi connectivity index (χ1) is 13.1. The van der Waals surface area contributed by atoms with Gasteiger partial charge < -0.3 is 19.5 Å². The quantitative estimate of drug-likeness (QED) is 0.525. The van der Waals surface area contributed by atoms with Crippen LogP contribution in [0.5, 0.6) is 11.5 Å². The number of esters is 1. The zero-order chi connectivity index (χ0) is 19.6. The molecule has 0 aliphatic rings. The van der Waals surface area contributed by atoms with Gasteiger partial charge in [-0.3, -0.25) is 4.79 Å². The lowest BCUT2D eigenvalue weighted by atomic mass is 10.1. The maximum Gasteiger partial charge on any atom is 0.339 e. The first kappa shape index (κ1) is 20.6. The minimum Gasteiger partial charge on any atom is -0.493 e. The molecule has 7 heteroatoms. The average molecular weight is 389 g/mol. The van der Waals surface area contributed by atoms with Crippen molar-refractivity contribution in [2.45, 2.75) is 11.3 Å². The summed E-state index contributed by atoms with van der Waals surface area (Å²) in [5.74, 6) is 0.450. The summed E-state index contributed by atoms with van der Waals surface area (Å²) in [6.45, 7) is 0.112. The molecule has 0 bridgehead atoms. The van der Waals surface area contributed by atoms with Crippen molar-refractivity contribution in [3.05, 3.63) is 53.6 Å². The summed E-state index contributed by atoms with van der Waals surface area (Å²) in [7, 11) is 3.16. The zero-order valence-electron chi connectivity index (χ0n) is 15.6. The number of rotatable bonds is 9. The molecule has 0 aliphatic carbocycles. The number of nitrogens with one attached hydrogen (secondary N) is 1. The molecule has 6 nitrogen and oxygen atoms in total. The van der Waals surface area contributed by atoms with Gasteiger partial charge in [-0.05, 0) is 42.5 Å². The molecule has 0 spiro atoms. The number of thioether (sulfide) groups is 1. The molecule has 0 unspecified atom stereocenters. The van der Waals surface area contributed by atoms with Gasteiger partial charge in [-0.15, -0.1) is 11.8 Å². The van der Waals surface area contributed by atoms with Crippen molar-refractivity contribution in [2.24, 2.45) is 0 Å². The van der Waals surface area contributed by atoms with Gasteiger partial charge in [0, 0.05) is 11.4 Å². The van der Waals surface area contributed by atoms with Crippen molar-refractivity contribution >= 4 is 23.6 Å². The summed E-state index contributed by atoms with van der Waals surface area (Å²) in [6.07, 6.45) is 2.50. The number of amides is 1. The van der Waals surface area contributed by atoms with E-state index in [2.05, 4.69) is 5.32 Å². The van der Waals surface area contributed by atoms with E-state index in [9.17, 15) is 9.59 Å². The van der Waals surface area contributed by atoms with E-state index in [0.717, 1.165) is 10.5 Å². The topological polar surface area (TPSA) is 73.9 Å².